The molecular weight excluding hydrogens is 486 g/mol. The molecule has 1 aliphatic carbocycles. The molecule has 2 aromatic rings. The van der Waals surface area contributed by atoms with Crippen molar-refractivity contribution >= 4 is 11.9 Å². The van der Waals surface area contributed by atoms with Crippen LogP contribution in [-0.2, 0) is 23.8 Å². The van der Waals surface area contributed by atoms with Gasteiger partial charge < -0.3 is 24.1 Å². The van der Waals surface area contributed by atoms with Crippen molar-refractivity contribution in [1.29, 1.82) is 5.26 Å². The van der Waals surface area contributed by atoms with Gasteiger partial charge in [-0.25, -0.2) is 4.79 Å². The van der Waals surface area contributed by atoms with Gasteiger partial charge in [0.25, 0.3) is 0 Å². The highest BCUT2D eigenvalue weighted by Crippen LogP contribution is 2.74. The fourth-order valence-corrected chi connectivity index (χ4v) is 5.30. The van der Waals surface area contributed by atoms with E-state index >= 15 is 0 Å². The average molecular weight is 518 g/mol. The number of aliphatic carboxylic acids is 1. The number of esters is 1. The minimum atomic E-state index is -1.51. The summed E-state index contributed by atoms with van der Waals surface area (Å²) < 4.78 is 22.0. The van der Waals surface area contributed by atoms with Crippen molar-refractivity contribution in [3.05, 3.63) is 60.2 Å². The van der Waals surface area contributed by atoms with E-state index in [4.69, 9.17) is 18.9 Å². The average Bonchev–Trinajstić information content (AvgIpc) is 3.42. The van der Waals surface area contributed by atoms with Crippen molar-refractivity contribution in [3.63, 3.8) is 0 Å². The molecule has 8 nitrogen and oxygen atoms in total. The molecule has 0 aromatic heterocycles. The first-order valence-corrected chi connectivity index (χ1v) is 12.7. The van der Waals surface area contributed by atoms with Gasteiger partial charge in [0.1, 0.15) is 23.5 Å². The van der Waals surface area contributed by atoms with E-state index in [0.29, 0.717) is 23.7 Å². The summed E-state index contributed by atoms with van der Waals surface area (Å²) in [5.41, 5.74) is -1.88. The molecule has 1 saturated carbocycles. The number of hydrogen-bond acceptors (Lipinski definition) is 7. The lowest BCUT2D eigenvalue weighted by Crippen LogP contribution is -2.28. The summed E-state index contributed by atoms with van der Waals surface area (Å²) in [6.07, 6.45) is 2.58. The summed E-state index contributed by atoms with van der Waals surface area (Å²) in [4.78, 5) is 24.9. The van der Waals surface area contributed by atoms with E-state index in [1.165, 1.54) is 0 Å². The van der Waals surface area contributed by atoms with E-state index < -0.39 is 34.6 Å². The van der Waals surface area contributed by atoms with Crippen LogP contribution in [0, 0.1) is 39.9 Å². The molecule has 2 fully saturated rings. The Morgan fingerprint density at radius 1 is 1.11 bits per heavy atom. The second-order valence-corrected chi connectivity index (χ2v) is 9.95. The van der Waals surface area contributed by atoms with Gasteiger partial charge in [-0.1, -0.05) is 50.1 Å². The monoisotopic (exact) mass is 517 g/mol. The highest BCUT2D eigenvalue weighted by molar-refractivity contribution is 5.90. The van der Waals surface area contributed by atoms with Crippen LogP contribution in [0.3, 0.4) is 0 Å². The molecule has 0 amide bonds. The van der Waals surface area contributed by atoms with Gasteiger partial charge in [-0.05, 0) is 54.5 Å². The Morgan fingerprint density at radius 3 is 2.55 bits per heavy atom. The summed E-state index contributed by atoms with van der Waals surface area (Å²) in [5, 5.41) is 20.5. The van der Waals surface area contributed by atoms with Crippen molar-refractivity contribution in [2.24, 2.45) is 16.7 Å². The minimum Gasteiger partial charge on any atom is -0.481 e. The largest absolute Gasteiger partial charge is 0.481 e. The van der Waals surface area contributed by atoms with E-state index in [9.17, 15) is 20.0 Å². The molecule has 198 valence electrons. The van der Waals surface area contributed by atoms with Crippen LogP contribution in [0.4, 0.5) is 0 Å². The molecule has 8 heteroatoms. The molecule has 2 aromatic carbocycles. The number of carboxylic acids is 1. The van der Waals surface area contributed by atoms with Crippen molar-refractivity contribution in [1.82, 2.24) is 0 Å². The Hall–Kier alpha value is -3.85. The van der Waals surface area contributed by atoms with Gasteiger partial charge >= 0.3 is 11.9 Å². The second kappa shape index (κ2) is 11.7. The molecule has 1 heterocycles. The maximum Gasteiger partial charge on any atom is 0.384 e. The van der Waals surface area contributed by atoms with Crippen LogP contribution < -0.4 is 4.74 Å². The zero-order valence-corrected chi connectivity index (χ0v) is 21.5. The molecule has 0 bridgehead atoms. The zero-order chi connectivity index (χ0) is 27.2. The Balaban J connectivity index is 1.46. The number of ether oxygens (including phenoxy) is 4. The first kappa shape index (κ1) is 27.2. The summed E-state index contributed by atoms with van der Waals surface area (Å²) >= 11 is 0. The number of benzene rings is 2. The molecule has 38 heavy (non-hydrogen) atoms. The summed E-state index contributed by atoms with van der Waals surface area (Å²) in [5.74, 6) is 2.66. The van der Waals surface area contributed by atoms with E-state index in [1.54, 1.807) is 50.2 Å². The number of nitriles is 1. The number of nitrogens with zero attached hydrogens (tertiary/aromatic N) is 1. The Morgan fingerprint density at radius 2 is 1.87 bits per heavy atom. The van der Waals surface area contributed by atoms with Crippen molar-refractivity contribution < 1.29 is 33.6 Å². The molecule has 1 saturated heterocycles. The molecule has 1 N–H and O–H groups in total. The summed E-state index contributed by atoms with van der Waals surface area (Å²) in [6, 6.07) is 18.2. The topological polar surface area (TPSA) is 115 Å². The zero-order valence-electron chi connectivity index (χ0n) is 21.5. The SMILES string of the molecule is CC1(C)[C@H](C#CC(=O)OCCOC2CCCCO2)[C@@]1(C(=O)O)[C@@H](C#N)c1cccc(Oc2ccccc2)c1. The third kappa shape index (κ3) is 5.52. The first-order valence-electron chi connectivity index (χ1n) is 12.7. The third-order valence-electron chi connectivity index (χ3n) is 7.35. The lowest BCUT2D eigenvalue weighted by Gasteiger charge is -2.22. The van der Waals surface area contributed by atoms with E-state index in [0.717, 1.165) is 19.3 Å². The van der Waals surface area contributed by atoms with Gasteiger partial charge in [-0.3, -0.25) is 4.79 Å². The number of rotatable bonds is 9. The highest BCUT2D eigenvalue weighted by atomic mass is 16.7. The second-order valence-electron chi connectivity index (χ2n) is 9.95. The molecule has 1 aliphatic heterocycles. The normalized spacial score (nSPS) is 24.1. The van der Waals surface area contributed by atoms with Crippen LogP contribution in [0.2, 0.25) is 0 Å². The maximum atomic E-state index is 12.7. The lowest BCUT2D eigenvalue weighted by molar-refractivity contribution is -0.172. The third-order valence-corrected chi connectivity index (χ3v) is 7.35. The maximum absolute atomic E-state index is 12.7. The van der Waals surface area contributed by atoms with Crippen molar-refractivity contribution in [2.45, 2.75) is 45.3 Å². The molecule has 4 atom stereocenters. The molecule has 2 aliphatic rings. The highest BCUT2D eigenvalue weighted by Gasteiger charge is 2.79. The van der Waals surface area contributed by atoms with E-state index in [-0.39, 0.29) is 19.5 Å². The summed E-state index contributed by atoms with van der Waals surface area (Å²) in [7, 11) is 0. The smallest absolute Gasteiger partial charge is 0.384 e. The predicted molar refractivity (Wildman–Crippen MR) is 137 cm³/mol. The lowest BCUT2D eigenvalue weighted by atomic mass is 9.78. The first-order chi connectivity index (χ1) is 18.3. The van der Waals surface area contributed by atoms with Gasteiger partial charge in [0.05, 0.1) is 18.6 Å². The van der Waals surface area contributed by atoms with Crippen LogP contribution in [-0.4, -0.2) is 43.2 Å². The van der Waals surface area contributed by atoms with Crippen molar-refractivity contribution in [3.8, 4) is 29.4 Å². The number of carbonyl (C=O) groups excluding carboxylic acids is 1. The molecular formula is C30H31NO7. The quantitative estimate of drug-likeness (QED) is 0.216. The van der Waals surface area contributed by atoms with Crippen LogP contribution in [0.25, 0.3) is 0 Å². The molecule has 4 rings (SSSR count). The van der Waals surface area contributed by atoms with Crippen LogP contribution in [0.15, 0.2) is 54.6 Å². The van der Waals surface area contributed by atoms with Gasteiger partial charge in [-0.15, -0.1) is 0 Å². The molecule has 1 unspecified atom stereocenters. The Labute approximate surface area is 222 Å². The number of carbonyl (C=O) groups is 2. The minimum absolute atomic E-state index is 0.0144. The standard InChI is InChI=1S/C30H31NO7/c1-29(2)25(14-15-26(32)35-17-18-37-27-13-6-7-16-36-27)30(29,28(33)34)24(20-31)21-9-8-12-23(19-21)38-22-10-4-3-5-11-22/h3-5,8-12,19,24-25,27H,6-7,13,16-18H2,1-2H3,(H,33,34)/t24-,25-,27?,30+/m0/s1. The van der Waals surface area contributed by atoms with Gasteiger partial charge in [-0.2, -0.15) is 5.26 Å². The number of para-hydroxylation sites is 1. The van der Waals surface area contributed by atoms with Crippen LogP contribution >= 0.6 is 0 Å². The Bertz CT molecular complexity index is 1250. The van der Waals surface area contributed by atoms with Gasteiger partial charge in [0.15, 0.2) is 6.29 Å². The molecule has 0 radical (unpaired) electrons. The van der Waals surface area contributed by atoms with E-state index in [2.05, 4.69) is 17.9 Å². The van der Waals surface area contributed by atoms with Gasteiger partial charge in [0, 0.05) is 18.4 Å². The Kier molecular flexibility index (Phi) is 8.36. The predicted octanol–water partition coefficient (Wildman–Crippen LogP) is 4.90. The fourth-order valence-electron chi connectivity index (χ4n) is 5.30. The fraction of sp³-hybridized carbons (Fsp3) is 0.433. The number of carboxylic acid groups (broad SMARTS) is 1. The van der Waals surface area contributed by atoms with E-state index in [1.807, 2.05) is 18.2 Å². The molecule has 0 spiro atoms. The van der Waals surface area contributed by atoms with Crippen molar-refractivity contribution in [2.75, 3.05) is 19.8 Å². The summed E-state index contributed by atoms with van der Waals surface area (Å²) in [6.45, 7) is 4.36. The van der Waals surface area contributed by atoms with Gasteiger partial charge in [0.2, 0.25) is 0 Å². The van der Waals surface area contributed by atoms with Crippen LogP contribution in [0.5, 0.6) is 11.5 Å². The van der Waals surface area contributed by atoms with Crippen LogP contribution in [0.1, 0.15) is 44.6 Å². The number of hydrogen-bond donors (Lipinski definition) is 1.